The number of allylic oxidation sites excluding steroid dienone is 3. The molecule has 0 aliphatic heterocycles. The molecule has 0 amide bonds. The average Bonchev–Trinajstić information content (AvgIpc) is 2.78. The first kappa shape index (κ1) is 17.0. The van der Waals surface area contributed by atoms with Gasteiger partial charge in [0.1, 0.15) is 16.1 Å². The van der Waals surface area contributed by atoms with Crippen LogP contribution >= 0.6 is 11.5 Å². The third-order valence-corrected chi connectivity index (χ3v) is 3.04. The Bertz CT molecular complexity index is 603. The molecule has 0 N–H and O–H groups in total. The molecule has 1 aromatic heterocycles. The van der Waals surface area contributed by atoms with Crippen molar-refractivity contribution in [3.8, 4) is 0 Å². The minimum absolute atomic E-state index is 0.0658. The van der Waals surface area contributed by atoms with Gasteiger partial charge in [0.25, 0.3) is 0 Å². The average molecular weight is 322 g/mol. The lowest BCUT2D eigenvalue weighted by atomic mass is 10.1. The molecule has 114 valence electrons. The highest BCUT2D eigenvalue weighted by Gasteiger charge is 2.41. The summed E-state index contributed by atoms with van der Waals surface area (Å²) >= 11 is 0.0658. The predicted molar refractivity (Wildman–Crippen MR) is 69.4 cm³/mol. The summed E-state index contributed by atoms with van der Waals surface area (Å²) in [5.41, 5.74) is -2.69. The first-order valence-corrected chi connectivity index (χ1v) is 6.23. The lowest BCUT2D eigenvalue weighted by molar-refractivity contribution is -0.138. The predicted octanol–water partition coefficient (Wildman–Crippen LogP) is 2.93. The Morgan fingerprint density at radius 3 is 2.38 bits per heavy atom. The summed E-state index contributed by atoms with van der Waals surface area (Å²) in [5.74, 6) is 0. The van der Waals surface area contributed by atoms with E-state index in [0.717, 1.165) is 6.08 Å². The van der Waals surface area contributed by atoms with Crippen molar-refractivity contribution in [3.63, 3.8) is 0 Å². The van der Waals surface area contributed by atoms with E-state index in [0.29, 0.717) is 0 Å². The highest BCUT2D eigenvalue weighted by atomic mass is 32.1. The molecular formula is C12H10F4N2O2S. The van der Waals surface area contributed by atoms with E-state index in [1.165, 1.54) is 12.3 Å². The number of halogens is 4. The van der Waals surface area contributed by atoms with Gasteiger partial charge >= 0.3 is 12.2 Å². The van der Waals surface area contributed by atoms with Gasteiger partial charge < -0.3 is 4.90 Å². The van der Waals surface area contributed by atoms with E-state index in [1.54, 1.807) is 19.0 Å². The second-order valence-corrected chi connectivity index (χ2v) is 4.83. The largest absolute Gasteiger partial charge is 0.420 e. The minimum Gasteiger partial charge on any atom is -0.383 e. The summed E-state index contributed by atoms with van der Waals surface area (Å²) in [5, 5.41) is 0. The normalized spacial score (nSPS) is 12.8. The maximum absolute atomic E-state index is 12.9. The second-order valence-electron chi connectivity index (χ2n) is 4.05. The van der Waals surface area contributed by atoms with Gasteiger partial charge in [0.2, 0.25) is 0 Å². The van der Waals surface area contributed by atoms with Crippen molar-refractivity contribution in [1.29, 1.82) is 0 Å². The third-order valence-electron chi connectivity index (χ3n) is 2.21. The molecule has 1 rings (SSSR count). The number of hydrogen-bond acceptors (Lipinski definition) is 5. The van der Waals surface area contributed by atoms with Gasteiger partial charge in [0.15, 0.2) is 6.29 Å². The first-order chi connectivity index (χ1) is 9.68. The Kier molecular flexibility index (Phi) is 5.36. The fourth-order valence-corrected chi connectivity index (χ4v) is 2.13. The number of alkyl halides is 3. The summed E-state index contributed by atoms with van der Waals surface area (Å²) in [6.45, 7) is 0. The van der Waals surface area contributed by atoms with Crippen molar-refractivity contribution in [2.75, 3.05) is 14.1 Å². The Morgan fingerprint density at radius 2 is 1.95 bits per heavy atom. The van der Waals surface area contributed by atoms with Gasteiger partial charge in [-0.25, -0.2) is 0 Å². The van der Waals surface area contributed by atoms with Crippen LogP contribution in [0.4, 0.5) is 17.6 Å². The van der Waals surface area contributed by atoms with Crippen LogP contribution in [0.15, 0.2) is 18.4 Å². The van der Waals surface area contributed by atoms with Crippen LogP contribution < -0.4 is 0 Å². The van der Waals surface area contributed by atoms with E-state index < -0.39 is 33.9 Å². The molecule has 0 unspecified atom stereocenters. The van der Waals surface area contributed by atoms with Gasteiger partial charge in [-0.05, 0) is 29.9 Å². The van der Waals surface area contributed by atoms with Gasteiger partial charge in [0.05, 0.1) is 0 Å². The molecule has 21 heavy (non-hydrogen) atoms. The highest BCUT2D eigenvalue weighted by Crippen LogP contribution is 2.39. The Hall–Kier alpha value is -2.03. The molecule has 0 radical (unpaired) electrons. The van der Waals surface area contributed by atoms with Crippen molar-refractivity contribution in [1.82, 2.24) is 9.27 Å². The smallest absolute Gasteiger partial charge is 0.383 e. The second kappa shape index (κ2) is 6.61. The first-order valence-electron chi connectivity index (χ1n) is 5.45. The fraction of sp³-hybridized carbons (Fsp3) is 0.250. The van der Waals surface area contributed by atoms with Gasteiger partial charge in [0, 0.05) is 19.7 Å². The Balaban J connectivity index is 3.41. The Morgan fingerprint density at radius 1 is 1.33 bits per heavy atom. The van der Waals surface area contributed by atoms with Crippen LogP contribution in [0.5, 0.6) is 0 Å². The monoisotopic (exact) mass is 322 g/mol. The molecule has 0 fully saturated rings. The zero-order valence-corrected chi connectivity index (χ0v) is 11.8. The van der Waals surface area contributed by atoms with E-state index in [4.69, 9.17) is 0 Å². The molecule has 0 atom stereocenters. The number of aldehydes is 1. The van der Waals surface area contributed by atoms with Crippen LogP contribution in [0.2, 0.25) is 0 Å². The van der Waals surface area contributed by atoms with Crippen molar-refractivity contribution in [2.45, 2.75) is 6.18 Å². The maximum Gasteiger partial charge on any atom is 0.420 e. The molecule has 4 nitrogen and oxygen atoms in total. The molecule has 0 aromatic carbocycles. The quantitative estimate of drug-likeness (QED) is 0.275. The summed E-state index contributed by atoms with van der Waals surface area (Å²) in [6.07, 6.45) is -0.905. The standard InChI is InChI=1S/C12H10F4N2O2S/c1-18(2)5-3-4-7(6-19)9-8(12(14,15)16)10(11(13)20)21-17-9/h3-6H,1-2H3/b5-3-,7-4+. The van der Waals surface area contributed by atoms with E-state index in [-0.39, 0.29) is 17.8 Å². The molecule has 0 aliphatic carbocycles. The number of nitrogens with zero attached hydrogens (tertiary/aromatic N) is 2. The fourth-order valence-electron chi connectivity index (χ4n) is 1.38. The lowest BCUT2D eigenvalue weighted by Crippen LogP contribution is -2.11. The van der Waals surface area contributed by atoms with E-state index in [2.05, 4.69) is 4.37 Å². The molecule has 0 saturated heterocycles. The molecular weight excluding hydrogens is 312 g/mol. The summed E-state index contributed by atoms with van der Waals surface area (Å²) in [4.78, 5) is 22.0. The molecule has 0 saturated carbocycles. The van der Waals surface area contributed by atoms with Crippen LogP contribution in [0, 0.1) is 0 Å². The third kappa shape index (κ3) is 4.22. The molecule has 0 spiro atoms. The number of carbonyl (C=O) groups is 2. The van der Waals surface area contributed by atoms with Gasteiger partial charge in [-0.1, -0.05) is 0 Å². The van der Waals surface area contributed by atoms with Crippen LogP contribution in [0.25, 0.3) is 5.57 Å². The lowest BCUT2D eigenvalue weighted by Gasteiger charge is -2.07. The molecule has 0 bridgehead atoms. The van der Waals surface area contributed by atoms with E-state index in [1.807, 2.05) is 0 Å². The zero-order valence-electron chi connectivity index (χ0n) is 10.9. The van der Waals surface area contributed by atoms with Crippen molar-refractivity contribution < 1.29 is 27.2 Å². The van der Waals surface area contributed by atoms with Crippen LogP contribution in [-0.4, -0.2) is 35.7 Å². The molecule has 9 heteroatoms. The van der Waals surface area contributed by atoms with Crippen LogP contribution in [0.1, 0.15) is 20.9 Å². The summed E-state index contributed by atoms with van der Waals surface area (Å²) in [7, 11) is 3.35. The highest BCUT2D eigenvalue weighted by molar-refractivity contribution is 7.08. The van der Waals surface area contributed by atoms with E-state index in [9.17, 15) is 27.2 Å². The maximum atomic E-state index is 12.9. The number of aromatic nitrogens is 1. The number of hydrogen-bond donors (Lipinski definition) is 0. The topological polar surface area (TPSA) is 50.3 Å². The van der Waals surface area contributed by atoms with Crippen LogP contribution in [0.3, 0.4) is 0 Å². The number of carbonyl (C=O) groups excluding carboxylic acids is 2. The van der Waals surface area contributed by atoms with Crippen LogP contribution in [-0.2, 0) is 11.0 Å². The molecule has 1 heterocycles. The van der Waals surface area contributed by atoms with E-state index >= 15 is 0 Å². The summed E-state index contributed by atoms with van der Waals surface area (Å²) < 4.78 is 54.8. The zero-order chi connectivity index (χ0) is 16.2. The SMILES string of the molecule is CN(C)/C=C\C=C(/C=O)c1nsc(C(=O)F)c1C(F)(F)F. The summed E-state index contributed by atoms with van der Waals surface area (Å²) in [6, 6.07) is -2.24. The van der Waals surface area contributed by atoms with Gasteiger partial charge in [-0.2, -0.15) is 21.9 Å². The Labute approximate surface area is 121 Å². The van der Waals surface area contributed by atoms with Crippen molar-refractivity contribution >= 4 is 29.4 Å². The van der Waals surface area contributed by atoms with Crippen molar-refractivity contribution in [3.05, 3.63) is 34.5 Å². The molecule has 0 aliphatic rings. The van der Waals surface area contributed by atoms with Gasteiger partial charge in [-0.3, -0.25) is 9.59 Å². The number of rotatable bonds is 5. The van der Waals surface area contributed by atoms with Gasteiger partial charge in [-0.15, -0.1) is 0 Å². The van der Waals surface area contributed by atoms with Crippen molar-refractivity contribution in [2.24, 2.45) is 0 Å². The minimum atomic E-state index is -4.99. The molecule has 1 aromatic rings.